The number of nitrogens with zero attached hydrogens (tertiary/aromatic N) is 1. The van der Waals surface area contributed by atoms with Crippen molar-refractivity contribution < 1.29 is 22.3 Å². The highest BCUT2D eigenvalue weighted by Gasteiger charge is 2.31. The molecule has 0 unspecified atom stereocenters. The first kappa shape index (κ1) is 17.6. The summed E-state index contributed by atoms with van der Waals surface area (Å²) in [5.74, 6) is 0.555. The van der Waals surface area contributed by atoms with E-state index in [0.717, 1.165) is 22.9 Å². The lowest BCUT2D eigenvalue weighted by Crippen LogP contribution is -2.32. The molecule has 0 bridgehead atoms. The number of fused-ring (bicyclic) bond motifs is 5. The van der Waals surface area contributed by atoms with Crippen molar-refractivity contribution in [3.8, 4) is 5.75 Å². The fourth-order valence-corrected chi connectivity index (χ4v) is 3.70. The SMILES string of the molecule is O=c1oc2c3c(ccc2c2ccccc12)OCN(c1cccc(C(F)(F)F)c1)C3. The second-order valence-corrected chi connectivity index (χ2v) is 6.87. The zero-order chi connectivity index (χ0) is 20.2. The van der Waals surface area contributed by atoms with Crippen molar-refractivity contribution in [1.29, 1.82) is 0 Å². The Balaban J connectivity index is 1.64. The number of alkyl halides is 3. The Bertz CT molecular complexity index is 1310. The molecule has 5 rings (SSSR count). The molecule has 0 aliphatic carbocycles. The van der Waals surface area contributed by atoms with Crippen molar-refractivity contribution in [2.75, 3.05) is 11.6 Å². The van der Waals surface area contributed by atoms with Gasteiger partial charge in [-0.05, 0) is 41.8 Å². The standard InChI is InChI=1S/C22H14F3NO3/c23-22(24,25)13-4-3-5-14(10-13)26-11-18-19(28-12-26)9-8-16-15-6-1-2-7-17(15)21(27)29-20(16)18/h1-10H,11-12H2. The smallest absolute Gasteiger partial charge is 0.416 e. The Labute approximate surface area is 162 Å². The monoisotopic (exact) mass is 397 g/mol. The molecule has 0 N–H and O–H groups in total. The first-order valence-electron chi connectivity index (χ1n) is 8.94. The van der Waals surface area contributed by atoms with Crippen LogP contribution in [0.15, 0.2) is 69.9 Å². The molecule has 0 amide bonds. The van der Waals surface area contributed by atoms with Crippen molar-refractivity contribution >= 4 is 27.4 Å². The average Bonchev–Trinajstić information content (AvgIpc) is 2.73. The first-order chi connectivity index (χ1) is 13.9. The van der Waals surface area contributed by atoms with Gasteiger partial charge in [-0.1, -0.05) is 24.3 Å². The van der Waals surface area contributed by atoms with Crippen LogP contribution < -0.4 is 15.3 Å². The Morgan fingerprint density at radius 1 is 0.897 bits per heavy atom. The van der Waals surface area contributed by atoms with E-state index < -0.39 is 17.4 Å². The molecule has 4 nitrogen and oxygen atoms in total. The Hall–Kier alpha value is -3.48. The minimum atomic E-state index is -4.43. The topological polar surface area (TPSA) is 42.7 Å². The van der Waals surface area contributed by atoms with Crippen LogP contribution in [-0.2, 0) is 12.7 Å². The van der Waals surface area contributed by atoms with E-state index in [-0.39, 0.29) is 13.3 Å². The third-order valence-electron chi connectivity index (χ3n) is 5.11. The summed E-state index contributed by atoms with van der Waals surface area (Å²) in [6.07, 6.45) is -4.43. The zero-order valence-corrected chi connectivity index (χ0v) is 15.0. The van der Waals surface area contributed by atoms with Gasteiger partial charge in [0, 0.05) is 11.1 Å². The van der Waals surface area contributed by atoms with Crippen LogP contribution in [-0.4, -0.2) is 6.73 Å². The molecule has 1 aliphatic heterocycles. The molecule has 3 aromatic carbocycles. The molecular formula is C22H14F3NO3. The Morgan fingerprint density at radius 2 is 1.69 bits per heavy atom. The van der Waals surface area contributed by atoms with Gasteiger partial charge in [0.25, 0.3) is 0 Å². The molecular weight excluding hydrogens is 383 g/mol. The van der Waals surface area contributed by atoms with Gasteiger partial charge in [0.1, 0.15) is 11.3 Å². The zero-order valence-electron chi connectivity index (χ0n) is 15.0. The molecule has 1 aliphatic rings. The number of hydrogen-bond donors (Lipinski definition) is 0. The molecule has 0 fully saturated rings. The van der Waals surface area contributed by atoms with Gasteiger partial charge in [0.15, 0.2) is 6.73 Å². The van der Waals surface area contributed by atoms with Gasteiger partial charge < -0.3 is 14.1 Å². The average molecular weight is 397 g/mol. The maximum Gasteiger partial charge on any atom is 0.416 e. The maximum atomic E-state index is 13.1. The van der Waals surface area contributed by atoms with E-state index in [1.165, 1.54) is 6.07 Å². The summed E-state index contributed by atoms with van der Waals surface area (Å²) in [5.41, 5.74) is 0.219. The van der Waals surface area contributed by atoms with E-state index >= 15 is 0 Å². The summed E-state index contributed by atoms with van der Waals surface area (Å²) in [7, 11) is 0. The molecule has 146 valence electrons. The van der Waals surface area contributed by atoms with Crippen molar-refractivity contribution in [3.05, 3.63) is 82.2 Å². The van der Waals surface area contributed by atoms with Crippen LogP contribution in [0, 0.1) is 0 Å². The number of anilines is 1. The van der Waals surface area contributed by atoms with E-state index in [1.807, 2.05) is 18.2 Å². The van der Waals surface area contributed by atoms with Crippen LogP contribution in [0.25, 0.3) is 21.7 Å². The summed E-state index contributed by atoms with van der Waals surface area (Å²) in [6, 6.07) is 15.9. The summed E-state index contributed by atoms with van der Waals surface area (Å²) in [4.78, 5) is 14.1. The normalized spacial score (nSPS) is 14.1. The maximum absolute atomic E-state index is 13.1. The van der Waals surface area contributed by atoms with Gasteiger partial charge in [-0.3, -0.25) is 0 Å². The van der Waals surface area contributed by atoms with E-state index in [2.05, 4.69) is 0 Å². The summed E-state index contributed by atoms with van der Waals surface area (Å²) >= 11 is 0. The van der Waals surface area contributed by atoms with E-state index in [4.69, 9.17) is 9.15 Å². The minimum absolute atomic E-state index is 0.0949. The quantitative estimate of drug-likeness (QED) is 0.322. The summed E-state index contributed by atoms with van der Waals surface area (Å²) in [6.45, 7) is 0.354. The predicted octanol–water partition coefficient (Wildman–Crippen LogP) is 5.32. The number of ether oxygens (including phenoxy) is 1. The van der Waals surface area contributed by atoms with E-state index in [1.54, 1.807) is 29.2 Å². The van der Waals surface area contributed by atoms with Gasteiger partial charge in [0.05, 0.1) is 23.1 Å². The van der Waals surface area contributed by atoms with Gasteiger partial charge in [-0.25, -0.2) is 4.79 Å². The van der Waals surface area contributed by atoms with Crippen molar-refractivity contribution in [2.24, 2.45) is 0 Å². The summed E-state index contributed by atoms with van der Waals surface area (Å²) < 4.78 is 50.6. The largest absolute Gasteiger partial charge is 0.473 e. The molecule has 0 spiro atoms. The fraction of sp³-hybridized carbons (Fsp3) is 0.136. The van der Waals surface area contributed by atoms with E-state index in [0.29, 0.717) is 28.0 Å². The van der Waals surface area contributed by atoms with Crippen LogP contribution in [0.2, 0.25) is 0 Å². The Kier molecular flexibility index (Phi) is 3.81. The van der Waals surface area contributed by atoms with Gasteiger partial charge in [0.2, 0.25) is 0 Å². The molecule has 29 heavy (non-hydrogen) atoms. The van der Waals surface area contributed by atoms with Crippen LogP contribution in [0.1, 0.15) is 11.1 Å². The second-order valence-electron chi connectivity index (χ2n) is 6.87. The number of hydrogen-bond acceptors (Lipinski definition) is 4. The first-order valence-corrected chi connectivity index (χ1v) is 8.94. The van der Waals surface area contributed by atoms with Crippen LogP contribution in [0.3, 0.4) is 0 Å². The lowest BCUT2D eigenvalue weighted by Gasteiger charge is -2.31. The molecule has 0 saturated carbocycles. The van der Waals surface area contributed by atoms with Crippen molar-refractivity contribution in [2.45, 2.75) is 12.7 Å². The van der Waals surface area contributed by atoms with Crippen LogP contribution in [0.4, 0.5) is 18.9 Å². The van der Waals surface area contributed by atoms with Crippen LogP contribution >= 0.6 is 0 Å². The number of rotatable bonds is 1. The van der Waals surface area contributed by atoms with Gasteiger partial charge >= 0.3 is 11.8 Å². The predicted molar refractivity (Wildman–Crippen MR) is 103 cm³/mol. The molecule has 0 saturated heterocycles. The highest BCUT2D eigenvalue weighted by atomic mass is 19.4. The second kappa shape index (κ2) is 6.27. The summed E-state index contributed by atoms with van der Waals surface area (Å²) in [5, 5.41) is 2.00. The third-order valence-corrected chi connectivity index (χ3v) is 5.11. The molecule has 4 aromatic rings. The molecule has 2 heterocycles. The number of halogens is 3. The lowest BCUT2D eigenvalue weighted by molar-refractivity contribution is -0.137. The lowest BCUT2D eigenvalue weighted by atomic mass is 10.0. The van der Waals surface area contributed by atoms with Crippen molar-refractivity contribution in [3.63, 3.8) is 0 Å². The highest BCUT2D eigenvalue weighted by molar-refractivity contribution is 6.05. The Morgan fingerprint density at radius 3 is 2.48 bits per heavy atom. The molecule has 7 heteroatoms. The molecule has 1 aromatic heterocycles. The van der Waals surface area contributed by atoms with E-state index in [9.17, 15) is 18.0 Å². The highest BCUT2D eigenvalue weighted by Crippen LogP contribution is 2.37. The fourth-order valence-electron chi connectivity index (χ4n) is 3.70. The van der Waals surface area contributed by atoms with Gasteiger partial charge in [-0.15, -0.1) is 0 Å². The van der Waals surface area contributed by atoms with Gasteiger partial charge in [-0.2, -0.15) is 13.2 Å². The van der Waals surface area contributed by atoms with Crippen LogP contribution in [0.5, 0.6) is 5.75 Å². The minimum Gasteiger partial charge on any atom is -0.473 e. The molecule has 0 radical (unpaired) electrons. The molecule has 0 atom stereocenters. The third kappa shape index (κ3) is 2.90. The number of benzene rings is 3. The van der Waals surface area contributed by atoms with Crippen molar-refractivity contribution in [1.82, 2.24) is 0 Å².